The predicted molar refractivity (Wildman–Crippen MR) is 46.0 cm³/mol. The molecule has 0 rings (SSSR count). The van der Waals surface area contributed by atoms with Gasteiger partial charge >= 0.3 is 0 Å². The minimum absolute atomic E-state index is 0.168. The van der Waals surface area contributed by atoms with Gasteiger partial charge < -0.3 is 11.5 Å². The van der Waals surface area contributed by atoms with E-state index in [2.05, 4.69) is 0 Å². The molecule has 70 valence electrons. The molecule has 0 aliphatic carbocycles. The Morgan fingerprint density at radius 3 is 2.00 bits per heavy atom. The molecular weight excluding hydrogens is 156 g/mol. The molecule has 2 amide bonds. The van der Waals surface area contributed by atoms with Crippen LogP contribution < -0.4 is 11.5 Å². The zero-order chi connectivity index (χ0) is 9.72. The number of nitrogens with two attached hydrogens (primary N) is 2. The molecule has 0 fully saturated rings. The van der Waals surface area contributed by atoms with E-state index in [9.17, 15) is 9.59 Å². The summed E-state index contributed by atoms with van der Waals surface area (Å²) >= 11 is 0. The first kappa shape index (κ1) is 10.9. The Kier molecular flexibility index (Phi) is 4.33. The van der Waals surface area contributed by atoms with Crippen molar-refractivity contribution in [1.29, 1.82) is 0 Å². The normalized spacial score (nSPS) is 12.9. The Morgan fingerprint density at radius 2 is 1.75 bits per heavy atom. The first-order valence-corrected chi connectivity index (χ1v) is 4.02. The van der Waals surface area contributed by atoms with E-state index in [4.69, 9.17) is 11.5 Å². The molecule has 4 nitrogen and oxygen atoms in total. The van der Waals surface area contributed by atoms with Crippen LogP contribution in [-0.4, -0.2) is 11.8 Å². The summed E-state index contributed by atoms with van der Waals surface area (Å²) < 4.78 is 0. The summed E-state index contributed by atoms with van der Waals surface area (Å²) in [5.74, 6) is -0.812. The quantitative estimate of drug-likeness (QED) is 0.612. The van der Waals surface area contributed by atoms with Crippen LogP contribution >= 0.6 is 0 Å². The summed E-state index contributed by atoms with van der Waals surface area (Å²) in [4.78, 5) is 21.2. The standard InChI is InChI=1S/C8H16N2O2/c1-5(2)6(8(10)12)3-4-7(9)11/h5-6H,3-4H2,1-2H3,(H2,9,11)(H2,10,12). The molecule has 0 aromatic heterocycles. The van der Waals surface area contributed by atoms with Crippen LogP contribution in [0.3, 0.4) is 0 Å². The lowest BCUT2D eigenvalue weighted by atomic mass is 9.90. The van der Waals surface area contributed by atoms with Gasteiger partial charge in [0, 0.05) is 12.3 Å². The average Bonchev–Trinajstić information content (AvgIpc) is 1.84. The Hall–Kier alpha value is -1.06. The molecule has 0 aromatic carbocycles. The van der Waals surface area contributed by atoms with Gasteiger partial charge in [-0.05, 0) is 12.3 Å². The molecule has 0 radical (unpaired) electrons. The molecule has 1 unspecified atom stereocenters. The summed E-state index contributed by atoms with van der Waals surface area (Å²) in [5.41, 5.74) is 10.1. The van der Waals surface area contributed by atoms with Crippen molar-refractivity contribution in [3.63, 3.8) is 0 Å². The summed E-state index contributed by atoms with van der Waals surface area (Å²) in [5, 5.41) is 0. The molecule has 0 aromatic rings. The van der Waals surface area contributed by atoms with Gasteiger partial charge in [0.15, 0.2) is 0 Å². The number of amides is 2. The van der Waals surface area contributed by atoms with Crippen LogP contribution in [0.15, 0.2) is 0 Å². The maximum absolute atomic E-state index is 10.8. The molecule has 12 heavy (non-hydrogen) atoms. The van der Waals surface area contributed by atoms with Gasteiger partial charge in [-0.3, -0.25) is 9.59 Å². The highest BCUT2D eigenvalue weighted by Gasteiger charge is 2.19. The molecule has 0 aliphatic rings. The lowest BCUT2D eigenvalue weighted by molar-refractivity contribution is -0.124. The molecule has 1 atom stereocenters. The molecule has 0 aliphatic heterocycles. The fourth-order valence-corrected chi connectivity index (χ4v) is 1.10. The van der Waals surface area contributed by atoms with Crippen molar-refractivity contribution in [3.8, 4) is 0 Å². The Labute approximate surface area is 72.3 Å². The maximum atomic E-state index is 10.8. The zero-order valence-corrected chi connectivity index (χ0v) is 7.54. The van der Waals surface area contributed by atoms with Gasteiger partial charge in [-0.2, -0.15) is 0 Å². The highest BCUT2D eigenvalue weighted by atomic mass is 16.1. The van der Waals surface area contributed by atoms with E-state index in [1.54, 1.807) is 0 Å². The van der Waals surface area contributed by atoms with Gasteiger partial charge in [0.25, 0.3) is 0 Å². The van der Waals surface area contributed by atoms with E-state index in [0.29, 0.717) is 6.42 Å². The van der Waals surface area contributed by atoms with Crippen molar-refractivity contribution in [1.82, 2.24) is 0 Å². The van der Waals surface area contributed by atoms with Crippen LogP contribution in [-0.2, 0) is 9.59 Å². The Morgan fingerprint density at radius 1 is 1.25 bits per heavy atom. The van der Waals surface area contributed by atoms with Crippen LogP contribution in [0.1, 0.15) is 26.7 Å². The molecule has 0 saturated carbocycles. The maximum Gasteiger partial charge on any atom is 0.220 e. The van der Waals surface area contributed by atoms with Gasteiger partial charge in [0.05, 0.1) is 0 Å². The van der Waals surface area contributed by atoms with E-state index < -0.39 is 0 Å². The number of carbonyl (C=O) groups is 2. The fraction of sp³-hybridized carbons (Fsp3) is 0.750. The van der Waals surface area contributed by atoms with Crippen LogP contribution in [0.2, 0.25) is 0 Å². The van der Waals surface area contributed by atoms with E-state index in [0.717, 1.165) is 0 Å². The molecule has 0 saturated heterocycles. The minimum Gasteiger partial charge on any atom is -0.370 e. The van der Waals surface area contributed by atoms with E-state index in [1.165, 1.54) is 0 Å². The van der Waals surface area contributed by atoms with Crippen LogP contribution in [0.4, 0.5) is 0 Å². The smallest absolute Gasteiger partial charge is 0.220 e. The van der Waals surface area contributed by atoms with Crippen molar-refractivity contribution in [2.24, 2.45) is 23.3 Å². The second-order valence-electron chi connectivity index (χ2n) is 3.26. The number of rotatable bonds is 5. The molecular formula is C8H16N2O2. The van der Waals surface area contributed by atoms with Gasteiger partial charge in [-0.1, -0.05) is 13.8 Å². The van der Waals surface area contributed by atoms with E-state index >= 15 is 0 Å². The van der Waals surface area contributed by atoms with Gasteiger partial charge in [0.2, 0.25) is 11.8 Å². The minimum atomic E-state index is -0.387. The number of carbonyl (C=O) groups excluding carboxylic acids is 2. The predicted octanol–water partition coefficient (Wildman–Crippen LogP) is 0.00940. The van der Waals surface area contributed by atoms with Gasteiger partial charge in [-0.15, -0.1) is 0 Å². The number of hydrogen-bond donors (Lipinski definition) is 2. The van der Waals surface area contributed by atoms with Crippen LogP contribution in [0.5, 0.6) is 0 Å². The second-order valence-corrected chi connectivity index (χ2v) is 3.26. The average molecular weight is 172 g/mol. The molecule has 0 spiro atoms. The van der Waals surface area contributed by atoms with E-state index in [1.807, 2.05) is 13.8 Å². The first-order valence-electron chi connectivity index (χ1n) is 4.02. The van der Waals surface area contributed by atoms with Crippen molar-refractivity contribution in [2.75, 3.05) is 0 Å². The van der Waals surface area contributed by atoms with Gasteiger partial charge in [0.1, 0.15) is 0 Å². The first-order chi connectivity index (χ1) is 5.45. The monoisotopic (exact) mass is 172 g/mol. The van der Waals surface area contributed by atoms with Crippen molar-refractivity contribution in [3.05, 3.63) is 0 Å². The molecule has 4 heteroatoms. The third kappa shape index (κ3) is 3.95. The van der Waals surface area contributed by atoms with Crippen molar-refractivity contribution >= 4 is 11.8 Å². The fourth-order valence-electron chi connectivity index (χ4n) is 1.10. The highest BCUT2D eigenvalue weighted by molar-refractivity contribution is 5.78. The molecule has 0 heterocycles. The summed E-state index contributed by atoms with van der Waals surface area (Å²) in [7, 11) is 0. The Bertz CT molecular complexity index is 178. The lowest BCUT2D eigenvalue weighted by Crippen LogP contribution is -2.28. The highest BCUT2D eigenvalue weighted by Crippen LogP contribution is 2.15. The van der Waals surface area contributed by atoms with Crippen LogP contribution in [0.25, 0.3) is 0 Å². The topological polar surface area (TPSA) is 86.2 Å². The lowest BCUT2D eigenvalue weighted by Gasteiger charge is -2.15. The van der Waals surface area contributed by atoms with Crippen molar-refractivity contribution < 1.29 is 9.59 Å². The number of hydrogen-bond acceptors (Lipinski definition) is 2. The largest absolute Gasteiger partial charge is 0.370 e. The second kappa shape index (κ2) is 4.74. The number of primary amides is 2. The summed E-state index contributed by atoms with van der Waals surface area (Å²) in [6.45, 7) is 3.80. The SMILES string of the molecule is CC(C)C(CCC(N)=O)C(N)=O. The summed E-state index contributed by atoms with van der Waals surface area (Å²) in [6, 6.07) is 0. The van der Waals surface area contributed by atoms with E-state index in [-0.39, 0.29) is 30.1 Å². The van der Waals surface area contributed by atoms with Crippen LogP contribution in [0, 0.1) is 11.8 Å². The molecule has 0 bridgehead atoms. The third-order valence-corrected chi connectivity index (χ3v) is 1.87. The summed E-state index contributed by atoms with van der Waals surface area (Å²) in [6.07, 6.45) is 0.689. The molecule has 4 N–H and O–H groups in total. The zero-order valence-electron chi connectivity index (χ0n) is 7.54. The Balaban J connectivity index is 3.97. The van der Waals surface area contributed by atoms with Crippen molar-refractivity contribution in [2.45, 2.75) is 26.7 Å². The van der Waals surface area contributed by atoms with Gasteiger partial charge in [-0.25, -0.2) is 0 Å². The third-order valence-electron chi connectivity index (χ3n) is 1.87.